The Hall–Kier alpha value is -7.21. The number of likely N-dealkylation sites (tertiary alicyclic amines) is 1. The van der Waals surface area contributed by atoms with Crippen molar-refractivity contribution in [1.82, 2.24) is 24.9 Å². The van der Waals surface area contributed by atoms with Crippen LogP contribution in [0.1, 0.15) is 29.1 Å². The van der Waals surface area contributed by atoms with Crippen molar-refractivity contribution in [3.05, 3.63) is 112 Å². The van der Waals surface area contributed by atoms with Crippen LogP contribution in [-0.4, -0.2) is 124 Å². The molecule has 0 saturated carbocycles. The van der Waals surface area contributed by atoms with E-state index in [4.69, 9.17) is 28.2 Å². The molecule has 2 unspecified atom stereocenters. The molecular weight excluding hydrogens is 929 g/mol. The van der Waals surface area contributed by atoms with Crippen LogP contribution in [-0.2, 0) is 27.4 Å². The van der Waals surface area contributed by atoms with Crippen LogP contribution in [0.2, 0.25) is 0 Å². The molecule has 0 bridgehead atoms. The number of carbonyl (C=O) groups excluding carboxylic acids is 1. The van der Waals surface area contributed by atoms with E-state index in [-0.39, 0.29) is 56.6 Å². The minimum atomic E-state index is -4.49. The Morgan fingerprint density at radius 2 is 1.72 bits per heavy atom. The van der Waals surface area contributed by atoms with Crippen LogP contribution in [0.5, 0.6) is 17.2 Å². The first-order valence-electron chi connectivity index (χ1n) is 23.1. The molecule has 1 amide bonds. The van der Waals surface area contributed by atoms with Gasteiger partial charge in [0, 0.05) is 60.6 Å². The lowest BCUT2D eigenvalue weighted by Crippen LogP contribution is -2.46. The van der Waals surface area contributed by atoms with Crippen LogP contribution in [0.4, 0.5) is 34.6 Å². The van der Waals surface area contributed by atoms with Gasteiger partial charge in [0.05, 0.1) is 68.7 Å². The summed E-state index contributed by atoms with van der Waals surface area (Å²) in [6.07, 6.45) is -3.41. The van der Waals surface area contributed by atoms with Crippen LogP contribution in [0.3, 0.4) is 0 Å². The number of halogens is 4. The van der Waals surface area contributed by atoms with E-state index in [2.05, 4.69) is 43.2 Å². The summed E-state index contributed by atoms with van der Waals surface area (Å²) in [4.78, 5) is 29.6. The molecule has 6 aromatic rings. The van der Waals surface area contributed by atoms with Crippen molar-refractivity contribution in [1.29, 1.82) is 0 Å². The van der Waals surface area contributed by atoms with Gasteiger partial charge in [0.25, 0.3) is 11.5 Å². The normalized spacial score (nSPS) is 14.9. The molecule has 1 aliphatic rings. The number of nitrogens with one attached hydrogen (secondary N) is 5. The summed E-state index contributed by atoms with van der Waals surface area (Å²) in [5.41, 5.74) is 5.01. The van der Waals surface area contributed by atoms with Gasteiger partial charge in [-0.1, -0.05) is 29.3 Å². The number of anilines is 3. The summed E-state index contributed by atoms with van der Waals surface area (Å²) >= 11 is 0. The third kappa shape index (κ3) is 14.7. The minimum absolute atomic E-state index is 0.107. The van der Waals surface area contributed by atoms with Gasteiger partial charge in [0.1, 0.15) is 48.0 Å². The highest BCUT2D eigenvalue weighted by Gasteiger charge is 2.31. The Balaban J connectivity index is 0.771. The lowest BCUT2D eigenvalue weighted by molar-refractivity contribution is -0.140. The van der Waals surface area contributed by atoms with E-state index in [1.165, 1.54) is 7.11 Å². The molecule has 5 N–H and O–H groups in total. The number of aryl methyl sites for hydroxylation is 2. The van der Waals surface area contributed by atoms with Crippen molar-refractivity contribution >= 4 is 33.9 Å². The second-order valence-electron chi connectivity index (χ2n) is 16.8. The largest absolute Gasteiger partial charge is 0.494 e. The van der Waals surface area contributed by atoms with E-state index >= 15 is 0 Å². The van der Waals surface area contributed by atoms with Gasteiger partial charge in [-0.2, -0.15) is 13.2 Å². The van der Waals surface area contributed by atoms with Gasteiger partial charge < -0.3 is 63.9 Å². The zero-order chi connectivity index (χ0) is 50.3. The first-order chi connectivity index (χ1) is 34.2. The van der Waals surface area contributed by atoms with E-state index in [9.17, 15) is 27.2 Å². The van der Waals surface area contributed by atoms with Crippen molar-refractivity contribution in [2.75, 3.05) is 95.9 Å². The average molecular weight is 987 g/mol. The number of pyridine rings is 1. The summed E-state index contributed by atoms with van der Waals surface area (Å²) in [5, 5.41) is 16.8. The van der Waals surface area contributed by atoms with Crippen molar-refractivity contribution in [3.63, 3.8) is 0 Å². The lowest BCUT2D eigenvalue weighted by Gasteiger charge is -2.33. The quantitative estimate of drug-likeness (QED) is 0.0246. The Kier molecular flexibility index (Phi) is 17.9. The van der Waals surface area contributed by atoms with Crippen molar-refractivity contribution in [2.24, 2.45) is 0 Å². The number of nitrogens with zero attached hydrogens (tertiary/aromatic N) is 3. The van der Waals surface area contributed by atoms with Crippen LogP contribution in [0.25, 0.3) is 22.0 Å². The number of aromatic amines is 1. The number of carbonyl (C=O) groups is 1. The number of piperidine rings is 1. The molecule has 378 valence electrons. The number of rotatable bonds is 23. The standard InChI is InChI=1S/C51H58F4N8O8/c1-33-49(34(2)71-61-33)36-25-45(50(65)59-29-36)58-28-35-8-5-10-38(24-35)70-31-48(64)57-17-19-67-20-21-68-22-23-69-39-13-14-44(47(27-39)66-4)56-16-7-9-37-26-40-42(60-43-15-18-62(3)30-41(43)52)11-6-12-46(40)63(37)32-51(53,54)55/h5-6,8,10-14,24-27,29,41,43,56,58,60H,15-23,28,30-32H2,1-4H3,(H,57,64)(H,59,65). The second kappa shape index (κ2) is 24.6. The number of ether oxygens (including phenoxy) is 5. The van der Waals surface area contributed by atoms with E-state index < -0.39 is 24.9 Å². The maximum Gasteiger partial charge on any atom is 0.406 e. The molecule has 7 rings (SSSR count). The molecule has 2 atom stereocenters. The molecular formula is C51H58F4N8O8. The van der Waals surface area contributed by atoms with E-state index in [1.807, 2.05) is 31.9 Å². The topological polar surface area (TPSA) is 178 Å². The van der Waals surface area contributed by atoms with Gasteiger partial charge in [-0.15, -0.1) is 0 Å². The number of benzene rings is 3. The summed E-state index contributed by atoms with van der Waals surface area (Å²) in [6.45, 7) is 5.41. The van der Waals surface area contributed by atoms with Crippen molar-refractivity contribution in [2.45, 2.75) is 51.7 Å². The van der Waals surface area contributed by atoms with Crippen LogP contribution in [0, 0.1) is 25.7 Å². The molecule has 1 fully saturated rings. The van der Waals surface area contributed by atoms with Gasteiger partial charge >= 0.3 is 6.18 Å². The summed E-state index contributed by atoms with van der Waals surface area (Å²) in [7, 11) is 3.36. The highest BCUT2D eigenvalue weighted by Crippen LogP contribution is 2.33. The molecule has 20 heteroatoms. The Morgan fingerprint density at radius 1 is 0.930 bits per heavy atom. The molecule has 16 nitrogen and oxygen atoms in total. The zero-order valence-corrected chi connectivity index (χ0v) is 40.0. The molecule has 0 spiro atoms. The van der Waals surface area contributed by atoms with Gasteiger partial charge in [-0.05, 0) is 87.3 Å². The van der Waals surface area contributed by atoms with E-state index in [1.54, 1.807) is 72.9 Å². The maximum absolute atomic E-state index is 14.9. The number of methoxy groups -OCH3 is 1. The third-order valence-corrected chi connectivity index (χ3v) is 11.5. The van der Waals surface area contributed by atoms with Gasteiger partial charge in [-0.25, -0.2) is 4.39 Å². The smallest absolute Gasteiger partial charge is 0.406 e. The van der Waals surface area contributed by atoms with Gasteiger partial charge in [0.2, 0.25) is 0 Å². The van der Waals surface area contributed by atoms with Gasteiger partial charge in [-0.3, -0.25) is 9.59 Å². The summed E-state index contributed by atoms with van der Waals surface area (Å²) in [6, 6.07) is 20.4. The predicted molar refractivity (Wildman–Crippen MR) is 262 cm³/mol. The van der Waals surface area contributed by atoms with Gasteiger partial charge in [0.15, 0.2) is 6.61 Å². The molecule has 1 saturated heterocycles. The highest BCUT2D eigenvalue weighted by molar-refractivity contribution is 5.94. The number of H-pyrrole nitrogens is 1. The third-order valence-electron chi connectivity index (χ3n) is 11.5. The minimum Gasteiger partial charge on any atom is -0.494 e. The first kappa shape index (κ1) is 51.6. The molecule has 3 aromatic heterocycles. The Labute approximate surface area is 408 Å². The second-order valence-corrected chi connectivity index (χ2v) is 16.8. The summed E-state index contributed by atoms with van der Waals surface area (Å²) < 4.78 is 90.7. The number of hydrogen-bond acceptors (Lipinski definition) is 13. The number of fused-ring (bicyclic) bond motifs is 1. The molecule has 71 heavy (non-hydrogen) atoms. The number of alkyl halides is 4. The predicted octanol–water partition coefficient (Wildman–Crippen LogP) is 7.31. The zero-order valence-electron chi connectivity index (χ0n) is 40.0. The Morgan fingerprint density at radius 3 is 2.49 bits per heavy atom. The van der Waals surface area contributed by atoms with Crippen molar-refractivity contribution in [3.8, 4) is 40.2 Å². The monoisotopic (exact) mass is 986 g/mol. The van der Waals surface area contributed by atoms with Crippen LogP contribution >= 0.6 is 0 Å². The first-order valence-corrected chi connectivity index (χ1v) is 23.1. The average Bonchev–Trinajstić information content (AvgIpc) is 3.87. The number of amides is 1. The van der Waals surface area contributed by atoms with E-state index in [0.29, 0.717) is 90.3 Å². The fourth-order valence-electron chi connectivity index (χ4n) is 8.06. The molecule has 0 aliphatic carbocycles. The fraction of sp³-hybridized carbons (Fsp3) is 0.392. The number of aromatic nitrogens is 3. The summed E-state index contributed by atoms with van der Waals surface area (Å²) in [5.74, 6) is 7.69. The Bertz CT molecular complexity index is 2840. The van der Waals surface area contributed by atoms with Crippen LogP contribution in [0.15, 0.2) is 88.3 Å². The molecule has 1 aliphatic heterocycles. The highest BCUT2D eigenvalue weighted by atomic mass is 19.4. The lowest BCUT2D eigenvalue weighted by atomic mass is 10.0. The molecule has 0 radical (unpaired) electrons. The maximum atomic E-state index is 14.9. The fourth-order valence-corrected chi connectivity index (χ4v) is 8.06. The SMILES string of the molecule is COc1cc(OCCOCCOCCNC(=O)COc2cccc(CNc3cc(-c4c(C)noc4C)c[nH]c3=O)c2)ccc1NCC#Cc1cc2c(NC3CCN(C)CC3F)cccc2n1CC(F)(F)F. The van der Waals surface area contributed by atoms with E-state index in [0.717, 1.165) is 27.0 Å². The number of hydrogen-bond donors (Lipinski definition) is 5. The molecule has 3 aromatic carbocycles. The van der Waals surface area contributed by atoms with Crippen molar-refractivity contribution < 1.29 is 50.6 Å². The molecule has 4 heterocycles. The van der Waals surface area contributed by atoms with Crippen LogP contribution < -0.4 is 41.0 Å².